The van der Waals surface area contributed by atoms with Crippen LogP contribution in [0.2, 0.25) is 0 Å². The Morgan fingerprint density at radius 3 is 2.31 bits per heavy atom. The summed E-state index contributed by atoms with van der Waals surface area (Å²) in [5, 5.41) is 10.2. The zero-order valence-electron chi connectivity index (χ0n) is 8.43. The molecule has 1 aromatic carbocycles. The molecule has 2 unspecified atom stereocenters. The van der Waals surface area contributed by atoms with Crippen molar-refractivity contribution in [2.75, 3.05) is 0 Å². The second-order valence-corrected chi connectivity index (χ2v) is 4.32. The third kappa shape index (κ3) is 1.93. The minimum Gasteiger partial charge on any atom is -0.281 e. The van der Waals surface area contributed by atoms with E-state index < -0.39 is 4.92 Å². The van der Waals surface area contributed by atoms with Crippen molar-refractivity contribution < 1.29 is 9.72 Å². The van der Waals surface area contributed by atoms with Gasteiger partial charge in [-0.05, 0) is 35.9 Å². The normalized spacial score (nSPS) is 23.6. The highest BCUT2D eigenvalue weighted by molar-refractivity contribution is 6.64. The Morgan fingerprint density at radius 2 is 1.94 bits per heavy atom. The van der Waals surface area contributed by atoms with Crippen LogP contribution in [-0.2, 0) is 4.79 Å². The molecule has 0 saturated heterocycles. The molecule has 16 heavy (non-hydrogen) atoms. The molecule has 0 aromatic heterocycles. The predicted octanol–water partition coefficient (Wildman–Crippen LogP) is 2.85. The van der Waals surface area contributed by atoms with E-state index in [1.165, 1.54) is 12.1 Å². The van der Waals surface area contributed by atoms with Crippen LogP contribution in [0.4, 0.5) is 5.69 Å². The van der Waals surface area contributed by atoms with E-state index in [1.807, 2.05) is 0 Å². The maximum Gasteiger partial charge on any atom is 0.269 e. The van der Waals surface area contributed by atoms with Crippen molar-refractivity contribution in [1.29, 1.82) is 0 Å². The van der Waals surface area contributed by atoms with Gasteiger partial charge >= 0.3 is 0 Å². The van der Waals surface area contributed by atoms with Gasteiger partial charge in [-0.3, -0.25) is 14.9 Å². The van der Waals surface area contributed by atoms with Gasteiger partial charge in [-0.25, -0.2) is 0 Å². The molecule has 2 atom stereocenters. The lowest BCUT2D eigenvalue weighted by Crippen LogP contribution is -2.28. The van der Waals surface area contributed by atoms with Gasteiger partial charge in [-0.1, -0.05) is 12.1 Å². The lowest BCUT2D eigenvalue weighted by molar-refractivity contribution is -0.384. The molecule has 1 fully saturated rings. The third-order valence-corrected chi connectivity index (χ3v) is 3.38. The molecule has 4 nitrogen and oxygen atoms in total. The van der Waals surface area contributed by atoms with Gasteiger partial charge < -0.3 is 0 Å². The molecule has 1 aromatic rings. The van der Waals surface area contributed by atoms with Crippen molar-refractivity contribution in [1.82, 2.24) is 0 Å². The Kier molecular flexibility index (Phi) is 2.92. The first-order valence-corrected chi connectivity index (χ1v) is 5.41. The van der Waals surface area contributed by atoms with Crippen LogP contribution in [0.15, 0.2) is 24.3 Å². The molecule has 0 N–H and O–H groups in total. The van der Waals surface area contributed by atoms with Crippen LogP contribution in [0.25, 0.3) is 0 Å². The van der Waals surface area contributed by atoms with Crippen LogP contribution in [0.3, 0.4) is 0 Å². The van der Waals surface area contributed by atoms with Gasteiger partial charge in [0.2, 0.25) is 5.24 Å². The SMILES string of the molecule is O=C(Cl)C1CCC1c1ccc([N+](=O)[O-])cc1. The fraction of sp³-hybridized carbons (Fsp3) is 0.364. The van der Waals surface area contributed by atoms with Gasteiger partial charge in [0.1, 0.15) is 0 Å². The summed E-state index contributed by atoms with van der Waals surface area (Å²) in [6, 6.07) is 6.33. The molecule has 1 saturated carbocycles. The molecule has 0 spiro atoms. The van der Waals surface area contributed by atoms with Crippen LogP contribution in [-0.4, -0.2) is 10.2 Å². The van der Waals surface area contributed by atoms with Crippen LogP contribution >= 0.6 is 11.6 Å². The van der Waals surface area contributed by atoms with Gasteiger partial charge in [0, 0.05) is 18.1 Å². The maximum absolute atomic E-state index is 11.0. The summed E-state index contributed by atoms with van der Waals surface area (Å²) in [7, 11) is 0. The third-order valence-electron chi connectivity index (χ3n) is 3.10. The summed E-state index contributed by atoms with van der Waals surface area (Å²) in [5.41, 5.74) is 1.02. The van der Waals surface area contributed by atoms with E-state index in [-0.39, 0.29) is 22.8 Å². The van der Waals surface area contributed by atoms with Gasteiger partial charge in [0.25, 0.3) is 5.69 Å². The zero-order chi connectivity index (χ0) is 11.7. The summed E-state index contributed by atoms with van der Waals surface area (Å²) < 4.78 is 0. The number of hydrogen-bond acceptors (Lipinski definition) is 3. The zero-order valence-corrected chi connectivity index (χ0v) is 9.18. The smallest absolute Gasteiger partial charge is 0.269 e. The first kappa shape index (κ1) is 11.1. The molecule has 1 aliphatic carbocycles. The van der Waals surface area contributed by atoms with Crippen molar-refractivity contribution in [3.8, 4) is 0 Å². The maximum atomic E-state index is 11.0. The van der Waals surface area contributed by atoms with E-state index >= 15 is 0 Å². The van der Waals surface area contributed by atoms with Crippen molar-refractivity contribution in [3.05, 3.63) is 39.9 Å². The number of nitro groups is 1. The highest BCUT2D eigenvalue weighted by Gasteiger charge is 2.36. The van der Waals surface area contributed by atoms with Gasteiger partial charge in [-0.15, -0.1) is 0 Å². The first-order valence-electron chi connectivity index (χ1n) is 5.03. The highest BCUT2D eigenvalue weighted by Crippen LogP contribution is 2.43. The quantitative estimate of drug-likeness (QED) is 0.463. The van der Waals surface area contributed by atoms with Gasteiger partial charge in [-0.2, -0.15) is 0 Å². The minimum absolute atomic E-state index is 0.0665. The molecule has 0 amide bonds. The monoisotopic (exact) mass is 239 g/mol. The summed E-state index contributed by atoms with van der Waals surface area (Å²) in [5.74, 6) is 0.00827. The molecule has 84 valence electrons. The van der Waals surface area contributed by atoms with Crippen LogP contribution < -0.4 is 0 Å². The van der Waals surface area contributed by atoms with Crippen LogP contribution in [0, 0.1) is 16.0 Å². The van der Waals surface area contributed by atoms with Crippen molar-refractivity contribution in [2.24, 2.45) is 5.92 Å². The lowest BCUT2D eigenvalue weighted by Gasteiger charge is -2.34. The minimum atomic E-state index is -0.436. The van der Waals surface area contributed by atoms with Gasteiger partial charge in [0.15, 0.2) is 0 Å². The van der Waals surface area contributed by atoms with E-state index in [2.05, 4.69) is 0 Å². The molecule has 0 radical (unpaired) electrons. The largest absolute Gasteiger partial charge is 0.281 e. The molecule has 0 heterocycles. The molecule has 5 heteroatoms. The Hall–Kier alpha value is -1.42. The van der Waals surface area contributed by atoms with E-state index in [4.69, 9.17) is 11.6 Å². The average molecular weight is 240 g/mol. The molecule has 0 aliphatic heterocycles. The summed E-state index contributed by atoms with van der Waals surface area (Å²) in [4.78, 5) is 21.1. The second-order valence-electron chi connectivity index (χ2n) is 3.94. The number of nitrogens with zero attached hydrogens (tertiary/aromatic N) is 1. The van der Waals surface area contributed by atoms with Crippen LogP contribution in [0.5, 0.6) is 0 Å². The fourth-order valence-corrected chi connectivity index (χ4v) is 2.28. The molecular weight excluding hydrogens is 230 g/mol. The number of carbonyl (C=O) groups is 1. The number of rotatable bonds is 3. The Balaban J connectivity index is 2.16. The lowest BCUT2D eigenvalue weighted by atomic mass is 9.71. The Morgan fingerprint density at radius 1 is 1.31 bits per heavy atom. The number of carbonyl (C=O) groups excluding carboxylic acids is 1. The highest BCUT2D eigenvalue weighted by atomic mass is 35.5. The first-order chi connectivity index (χ1) is 7.59. The summed E-state index contributed by atoms with van der Waals surface area (Å²) in [6.45, 7) is 0. The topological polar surface area (TPSA) is 60.2 Å². The number of non-ortho nitro benzene ring substituents is 1. The Bertz CT molecular complexity index is 429. The second kappa shape index (κ2) is 4.22. The molecule has 2 rings (SSSR count). The number of hydrogen-bond donors (Lipinski definition) is 0. The number of nitro benzene ring substituents is 1. The Labute approximate surface area is 97.4 Å². The van der Waals surface area contributed by atoms with Crippen molar-refractivity contribution in [3.63, 3.8) is 0 Å². The van der Waals surface area contributed by atoms with E-state index in [1.54, 1.807) is 12.1 Å². The summed E-state index contributed by atoms with van der Waals surface area (Å²) in [6.07, 6.45) is 1.73. The summed E-state index contributed by atoms with van der Waals surface area (Å²) >= 11 is 5.46. The number of halogens is 1. The van der Waals surface area contributed by atoms with Crippen molar-refractivity contribution >= 4 is 22.5 Å². The average Bonchev–Trinajstić information content (AvgIpc) is 2.15. The van der Waals surface area contributed by atoms with Gasteiger partial charge in [0.05, 0.1) is 4.92 Å². The standard InChI is InChI=1S/C11H10ClNO3/c12-11(14)10-6-5-9(10)7-1-3-8(4-2-7)13(15)16/h1-4,9-10H,5-6H2. The fourth-order valence-electron chi connectivity index (χ4n) is 2.01. The van der Waals surface area contributed by atoms with Crippen LogP contribution in [0.1, 0.15) is 24.3 Å². The van der Waals surface area contributed by atoms with E-state index in [9.17, 15) is 14.9 Å². The van der Waals surface area contributed by atoms with Crippen molar-refractivity contribution in [2.45, 2.75) is 18.8 Å². The molecular formula is C11H10ClNO3. The van der Waals surface area contributed by atoms with E-state index in [0.717, 1.165) is 18.4 Å². The molecule has 0 bridgehead atoms. The molecule has 1 aliphatic rings. The number of benzene rings is 1. The predicted molar refractivity (Wildman–Crippen MR) is 59.4 cm³/mol. The van der Waals surface area contributed by atoms with E-state index in [0.29, 0.717) is 0 Å².